The van der Waals surface area contributed by atoms with Crippen molar-refractivity contribution in [3.8, 4) is 0 Å². The van der Waals surface area contributed by atoms with Gasteiger partial charge in [-0.05, 0) is 26.2 Å². The van der Waals surface area contributed by atoms with Crippen molar-refractivity contribution in [1.82, 2.24) is 4.90 Å². The molecule has 4 nitrogen and oxygen atoms in total. The predicted octanol–water partition coefficient (Wildman–Crippen LogP) is 0.361. The highest BCUT2D eigenvalue weighted by Crippen LogP contribution is 2.17. The van der Waals surface area contributed by atoms with E-state index in [9.17, 15) is 4.79 Å². The van der Waals surface area contributed by atoms with Crippen molar-refractivity contribution in [2.75, 3.05) is 20.3 Å². The molecule has 1 amide bonds. The molecular weight excluding hydrogens is 180 g/mol. The summed E-state index contributed by atoms with van der Waals surface area (Å²) in [6.07, 6.45) is 2.81. The number of rotatable bonds is 4. The van der Waals surface area contributed by atoms with Crippen LogP contribution >= 0.6 is 0 Å². The minimum absolute atomic E-state index is 0.0760. The molecule has 0 aromatic carbocycles. The van der Waals surface area contributed by atoms with Crippen LogP contribution in [0.4, 0.5) is 0 Å². The average Bonchev–Trinajstić information content (AvgIpc) is 2.59. The first-order valence-corrected chi connectivity index (χ1v) is 5.21. The number of carbonyl (C=O) groups excluding carboxylic acids is 1. The summed E-state index contributed by atoms with van der Waals surface area (Å²) in [4.78, 5) is 13.7. The van der Waals surface area contributed by atoms with Crippen molar-refractivity contribution in [3.63, 3.8) is 0 Å². The SMILES string of the molecule is COCCC(N)C(=O)N1CCCC1C. The van der Waals surface area contributed by atoms with Crippen molar-refractivity contribution in [1.29, 1.82) is 0 Å². The van der Waals surface area contributed by atoms with Crippen LogP contribution in [0.3, 0.4) is 0 Å². The summed E-state index contributed by atoms with van der Waals surface area (Å²) >= 11 is 0. The van der Waals surface area contributed by atoms with E-state index in [2.05, 4.69) is 6.92 Å². The Kier molecular flexibility index (Phi) is 4.35. The molecule has 1 saturated heterocycles. The molecule has 0 bridgehead atoms. The monoisotopic (exact) mass is 200 g/mol. The number of methoxy groups -OCH3 is 1. The Hall–Kier alpha value is -0.610. The first-order valence-electron chi connectivity index (χ1n) is 5.21. The van der Waals surface area contributed by atoms with E-state index >= 15 is 0 Å². The Bertz CT molecular complexity index is 197. The van der Waals surface area contributed by atoms with E-state index in [4.69, 9.17) is 10.5 Å². The Labute approximate surface area is 85.4 Å². The van der Waals surface area contributed by atoms with Crippen LogP contribution in [0.5, 0.6) is 0 Å². The van der Waals surface area contributed by atoms with Crippen molar-refractivity contribution in [3.05, 3.63) is 0 Å². The van der Waals surface area contributed by atoms with E-state index in [-0.39, 0.29) is 5.91 Å². The average molecular weight is 200 g/mol. The van der Waals surface area contributed by atoms with Gasteiger partial charge in [0.05, 0.1) is 6.04 Å². The number of hydrogen-bond donors (Lipinski definition) is 1. The second kappa shape index (κ2) is 5.32. The highest BCUT2D eigenvalue weighted by molar-refractivity contribution is 5.82. The van der Waals surface area contributed by atoms with Crippen LogP contribution in [0.15, 0.2) is 0 Å². The van der Waals surface area contributed by atoms with E-state index in [1.54, 1.807) is 7.11 Å². The molecule has 0 aliphatic carbocycles. The molecular formula is C10H20N2O2. The third-order valence-corrected chi connectivity index (χ3v) is 2.79. The van der Waals surface area contributed by atoms with Crippen LogP contribution in [0.25, 0.3) is 0 Å². The number of ether oxygens (including phenoxy) is 1. The fourth-order valence-electron chi connectivity index (χ4n) is 1.84. The van der Waals surface area contributed by atoms with Crippen LogP contribution < -0.4 is 5.73 Å². The lowest BCUT2D eigenvalue weighted by Gasteiger charge is -2.24. The summed E-state index contributed by atoms with van der Waals surface area (Å²) in [7, 11) is 1.62. The molecule has 2 atom stereocenters. The summed E-state index contributed by atoms with van der Waals surface area (Å²) in [5.74, 6) is 0.0760. The largest absolute Gasteiger partial charge is 0.385 e. The van der Waals surface area contributed by atoms with Gasteiger partial charge < -0.3 is 15.4 Å². The maximum atomic E-state index is 11.8. The molecule has 1 aliphatic heterocycles. The summed E-state index contributed by atoms with van der Waals surface area (Å²) in [6.45, 7) is 3.49. The third-order valence-electron chi connectivity index (χ3n) is 2.79. The van der Waals surface area contributed by atoms with Gasteiger partial charge in [0.15, 0.2) is 0 Å². The standard InChI is InChI=1S/C10H20N2O2/c1-8-4-3-6-12(8)10(13)9(11)5-7-14-2/h8-9H,3-7,11H2,1-2H3. The second-order valence-corrected chi connectivity index (χ2v) is 3.91. The second-order valence-electron chi connectivity index (χ2n) is 3.91. The Morgan fingerprint density at radius 2 is 2.43 bits per heavy atom. The smallest absolute Gasteiger partial charge is 0.239 e. The van der Waals surface area contributed by atoms with Crippen LogP contribution in [0.1, 0.15) is 26.2 Å². The van der Waals surface area contributed by atoms with Crippen LogP contribution in [-0.4, -0.2) is 43.2 Å². The van der Waals surface area contributed by atoms with Gasteiger partial charge >= 0.3 is 0 Å². The molecule has 1 fully saturated rings. The molecule has 0 radical (unpaired) electrons. The Balaban J connectivity index is 2.39. The maximum absolute atomic E-state index is 11.8. The van der Waals surface area contributed by atoms with Gasteiger partial charge in [0, 0.05) is 26.3 Å². The molecule has 0 aromatic rings. The zero-order chi connectivity index (χ0) is 10.6. The lowest BCUT2D eigenvalue weighted by Crippen LogP contribution is -2.45. The molecule has 2 unspecified atom stereocenters. The van der Waals surface area contributed by atoms with Gasteiger partial charge in [-0.3, -0.25) is 4.79 Å². The van der Waals surface area contributed by atoms with E-state index in [1.165, 1.54) is 0 Å². The van der Waals surface area contributed by atoms with Gasteiger partial charge in [-0.15, -0.1) is 0 Å². The Morgan fingerprint density at radius 1 is 1.71 bits per heavy atom. The minimum Gasteiger partial charge on any atom is -0.385 e. The molecule has 1 heterocycles. The van der Waals surface area contributed by atoms with Gasteiger partial charge in [0.1, 0.15) is 0 Å². The summed E-state index contributed by atoms with van der Waals surface area (Å²) in [5.41, 5.74) is 5.77. The van der Waals surface area contributed by atoms with Gasteiger partial charge in [-0.1, -0.05) is 0 Å². The highest BCUT2D eigenvalue weighted by Gasteiger charge is 2.28. The lowest BCUT2D eigenvalue weighted by atomic mass is 10.2. The van der Waals surface area contributed by atoms with Gasteiger partial charge in [0.25, 0.3) is 0 Å². The van der Waals surface area contributed by atoms with Crippen LogP contribution in [-0.2, 0) is 9.53 Å². The van der Waals surface area contributed by atoms with Crippen molar-refractivity contribution in [2.45, 2.75) is 38.3 Å². The zero-order valence-corrected chi connectivity index (χ0v) is 9.03. The quantitative estimate of drug-likeness (QED) is 0.713. The molecule has 0 aromatic heterocycles. The molecule has 1 rings (SSSR count). The molecule has 0 spiro atoms. The number of hydrogen-bond acceptors (Lipinski definition) is 3. The minimum atomic E-state index is -0.393. The van der Waals surface area contributed by atoms with Gasteiger partial charge in [-0.25, -0.2) is 0 Å². The normalized spacial score (nSPS) is 23.9. The van der Waals surface area contributed by atoms with Crippen molar-refractivity contribution < 1.29 is 9.53 Å². The van der Waals surface area contributed by atoms with Crippen LogP contribution in [0.2, 0.25) is 0 Å². The Morgan fingerprint density at radius 3 is 2.93 bits per heavy atom. The van der Waals surface area contributed by atoms with E-state index in [0.717, 1.165) is 19.4 Å². The molecule has 82 valence electrons. The van der Waals surface area contributed by atoms with Gasteiger partial charge in [-0.2, -0.15) is 0 Å². The molecule has 2 N–H and O–H groups in total. The van der Waals surface area contributed by atoms with Crippen molar-refractivity contribution >= 4 is 5.91 Å². The topological polar surface area (TPSA) is 55.6 Å². The fraction of sp³-hybridized carbons (Fsp3) is 0.900. The van der Waals surface area contributed by atoms with Gasteiger partial charge in [0.2, 0.25) is 5.91 Å². The first kappa shape index (κ1) is 11.5. The number of amides is 1. The lowest BCUT2D eigenvalue weighted by molar-refractivity contribution is -0.133. The summed E-state index contributed by atoms with van der Waals surface area (Å²) in [6, 6.07) is -0.0356. The van der Waals surface area contributed by atoms with E-state index in [1.807, 2.05) is 4.90 Å². The number of carbonyl (C=O) groups is 1. The number of nitrogens with zero attached hydrogens (tertiary/aromatic N) is 1. The molecule has 4 heteroatoms. The fourth-order valence-corrected chi connectivity index (χ4v) is 1.84. The van der Waals surface area contributed by atoms with Crippen LogP contribution in [0, 0.1) is 0 Å². The first-order chi connectivity index (χ1) is 6.66. The van der Waals surface area contributed by atoms with E-state index in [0.29, 0.717) is 19.1 Å². The highest BCUT2D eigenvalue weighted by atomic mass is 16.5. The number of likely N-dealkylation sites (tertiary alicyclic amines) is 1. The summed E-state index contributed by atoms with van der Waals surface area (Å²) < 4.78 is 4.90. The third kappa shape index (κ3) is 2.69. The summed E-state index contributed by atoms with van der Waals surface area (Å²) in [5, 5.41) is 0. The van der Waals surface area contributed by atoms with E-state index < -0.39 is 6.04 Å². The molecule has 14 heavy (non-hydrogen) atoms. The zero-order valence-electron chi connectivity index (χ0n) is 9.03. The van der Waals surface area contributed by atoms with Crippen molar-refractivity contribution in [2.24, 2.45) is 5.73 Å². The number of nitrogens with two attached hydrogens (primary N) is 1. The molecule has 0 saturated carbocycles. The maximum Gasteiger partial charge on any atom is 0.239 e. The molecule has 1 aliphatic rings. The predicted molar refractivity (Wildman–Crippen MR) is 54.9 cm³/mol.